The fraction of sp³-hybridized carbons (Fsp3) is 0.429. The van der Waals surface area contributed by atoms with Gasteiger partial charge in [-0.05, 0) is 36.5 Å². The zero-order valence-electron chi connectivity index (χ0n) is 15.6. The number of phenolic OH excluding ortho intramolecular Hbond substituents is 1. The molecule has 3 heterocycles. The molecule has 0 spiro atoms. The number of carbonyl (C=O) groups excluding carboxylic acids is 1. The number of carbonyl (C=O) groups is 1. The number of benzene rings is 1. The summed E-state index contributed by atoms with van der Waals surface area (Å²) >= 11 is 0. The highest BCUT2D eigenvalue weighted by Crippen LogP contribution is 2.44. The van der Waals surface area contributed by atoms with Gasteiger partial charge in [-0.1, -0.05) is 12.6 Å². The minimum Gasteiger partial charge on any atom is -0.503 e. The van der Waals surface area contributed by atoms with Crippen LogP contribution >= 0.6 is 0 Å². The number of nitrogens with zero attached hydrogens (tertiary/aromatic N) is 3. The van der Waals surface area contributed by atoms with Gasteiger partial charge in [0.15, 0.2) is 11.6 Å². The molecule has 28 heavy (non-hydrogen) atoms. The number of amides is 1. The van der Waals surface area contributed by atoms with Gasteiger partial charge in [0.05, 0.1) is 17.4 Å². The van der Waals surface area contributed by atoms with Crippen LogP contribution in [0.15, 0.2) is 24.8 Å². The third-order valence-corrected chi connectivity index (χ3v) is 6.08. The number of halogens is 1. The van der Waals surface area contributed by atoms with E-state index in [0.717, 1.165) is 42.8 Å². The summed E-state index contributed by atoms with van der Waals surface area (Å²) in [5, 5.41) is 18.8. The molecule has 0 saturated heterocycles. The Morgan fingerprint density at radius 3 is 2.93 bits per heavy atom. The molecule has 6 nitrogen and oxygen atoms in total. The van der Waals surface area contributed by atoms with Crippen molar-refractivity contribution in [3.05, 3.63) is 53.1 Å². The van der Waals surface area contributed by atoms with Crippen LogP contribution in [-0.4, -0.2) is 45.3 Å². The Hall–Kier alpha value is -2.67. The highest BCUT2D eigenvalue weighted by Gasteiger charge is 2.35. The Morgan fingerprint density at radius 2 is 2.18 bits per heavy atom. The predicted octanol–water partition coefficient (Wildman–Crippen LogP) is 2.35. The van der Waals surface area contributed by atoms with Crippen molar-refractivity contribution >= 4 is 5.91 Å². The molecule has 1 fully saturated rings. The number of aromatic hydroxyl groups is 1. The SMILES string of the molecule is C=CC(=O)N1CCc2nn(-c3ccc(C4CC4)c(F)c3O)c3c2C(C1)NCC3. The zero-order chi connectivity index (χ0) is 19.4. The number of nitrogens with one attached hydrogen (secondary N) is 1. The van der Waals surface area contributed by atoms with E-state index in [1.54, 1.807) is 21.7 Å². The van der Waals surface area contributed by atoms with Gasteiger partial charge < -0.3 is 15.3 Å². The number of hydrogen-bond acceptors (Lipinski definition) is 4. The van der Waals surface area contributed by atoms with Crippen molar-refractivity contribution in [1.82, 2.24) is 20.0 Å². The van der Waals surface area contributed by atoms with E-state index in [2.05, 4.69) is 11.9 Å². The average molecular weight is 382 g/mol. The fourth-order valence-corrected chi connectivity index (χ4v) is 4.50. The Balaban J connectivity index is 1.57. The summed E-state index contributed by atoms with van der Waals surface area (Å²) in [5.41, 5.74) is 3.96. The third kappa shape index (κ3) is 2.64. The molecule has 1 unspecified atom stereocenters. The molecule has 146 valence electrons. The molecule has 0 radical (unpaired) electrons. The van der Waals surface area contributed by atoms with Crippen LogP contribution in [0.2, 0.25) is 0 Å². The van der Waals surface area contributed by atoms with Crippen LogP contribution in [0, 0.1) is 5.82 Å². The van der Waals surface area contributed by atoms with Crippen molar-refractivity contribution in [3.63, 3.8) is 0 Å². The van der Waals surface area contributed by atoms with Crippen LogP contribution in [0.25, 0.3) is 5.69 Å². The van der Waals surface area contributed by atoms with Gasteiger partial charge in [-0.25, -0.2) is 9.07 Å². The van der Waals surface area contributed by atoms with Crippen LogP contribution in [0.1, 0.15) is 47.3 Å². The Bertz CT molecular complexity index is 979. The van der Waals surface area contributed by atoms with Crippen molar-refractivity contribution in [2.45, 2.75) is 37.6 Å². The predicted molar refractivity (Wildman–Crippen MR) is 102 cm³/mol. The maximum atomic E-state index is 14.7. The van der Waals surface area contributed by atoms with Crippen molar-refractivity contribution in [2.75, 3.05) is 19.6 Å². The molecular formula is C21H23FN4O2. The molecule has 1 aromatic carbocycles. The number of hydrogen-bond donors (Lipinski definition) is 2. The van der Waals surface area contributed by atoms with Crippen LogP contribution in [0.5, 0.6) is 5.75 Å². The largest absolute Gasteiger partial charge is 0.503 e. The van der Waals surface area contributed by atoms with Gasteiger partial charge in [-0.15, -0.1) is 0 Å². The normalized spacial score (nSPS) is 21.2. The summed E-state index contributed by atoms with van der Waals surface area (Å²) in [7, 11) is 0. The third-order valence-electron chi connectivity index (χ3n) is 6.08. The molecule has 0 bridgehead atoms. The molecular weight excluding hydrogens is 359 g/mol. The van der Waals surface area contributed by atoms with Crippen LogP contribution in [0.3, 0.4) is 0 Å². The summed E-state index contributed by atoms with van der Waals surface area (Å²) in [6.07, 6.45) is 4.65. The van der Waals surface area contributed by atoms with E-state index in [0.29, 0.717) is 30.8 Å². The lowest BCUT2D eigenvalue weighted by Gasteiger charge is -2.28. The van der Waals surface area contributed by atoms with Gasteiger partial charge in [0.25, 0.3) is 0 Å². The van der Waals surface area contributed by atoms with E-state index in [1.165, 1.54) is 6.08 Å². The molecule has 3 aliphatic rings. The van der Waals surface area contributed by atoms with Crippen LogP contribution in [-0.2, 0) is 17.6 Å². The van der Waals surface area contributed by atoms with Gasteiger partial charge in [0, 0.05) is 38.0 Å². The standard InChI is InChI=1S/C21H23FN4O2/c1-2-18(27)25-10-8-14-19-15(11-25)23-9-7-16(19)26(24-14)17-6-5-13(12-3-4-12)20(22)21(17)28/h2,5-6,12,15,23,28H,1,3-4,7-11H2. The van der Waals surface area contributed by atoms with Gasteiger partial charge in [0.1, 0.15) is 5.69 Å². The highest BCUT2D eigenvalue weighted by atomic mass is 19.1. The minimum atomic E-state index is -0.522. The van der Waals surface area contributed by atoms with E-state index < -0.39 is 5.82 Å². The Kier molecular flexibility index (Phi) is 4.01. The second kappa shape index (κ2) is 6.44. The Labute approximate surface area is 162 Å². The Morgan fingerprint density at radius 1 is 1.36 bits per heavy atom. The molecule has 1 atom stereocenters. The summed E-state index contributed by atoms with van der Waals surface area (Å²) in [6, 6.07) is 3.54. The lowest BCUT2D eigenvalue weighted by atomic mass is 9.98. The summed E-state index contributed by atoms with van der Waals surface area (Å²) in [5.74, 6) is -0.695. The number of phenols is 1. The first kappa shape index (κ1) is 17.4. The smallest absolute Gasteiger partial charge is 0.246 e. The molecule has 7 heteroatoms. The molecule has 2 aromatic rings. The fourth-order valence-electron chi connectivity index (χ4n) is 4.50. The van der Waals surface area contributed by atoms with Gasteiger partial charge in [0.2, 0.25) is 5.91 Å². The van der Waals surface area contributed by atoms with Crippen molar-refractivity contribution in [3.8, 4) is 11.4 Å². The summed E-state index contributed by atoms with van der Waals surface area (Å²) in [4.78, 5) is 13.9. The summed E-state index contributed by atoms with van der Waals surface area (Å²) < 4.78 is 16.4. The second-order valence-electron chi connectivity index (χ2n) is 7.82. The molecule has 1 aromatic heterocycles. The molecule has 5 rings (SSSR count). The van der Waals surface area contributed by atoms with Crippen molar-refractivity contribution < 1.29 is 14.3 Å². The van der Waals surface area contributed by atoms with E-state index in [9.17, 15) is 14.3 Å². The van der Waals surface area contributed by atoms with Gasteiger partial charge in [-0.3, -0.25) is 4.79 Å². The van der Waals surface area contributed by atoms with E-state index in [-0.39, 0.29) is 23.6 Å². The first-order chi connectivity index (χ1) is 13.6. The first-order valence-electron chi connectivity index (χ1n) is 9.85. The van der Waals surface area contributed by atoms with Crippen molar-refractivity contribution in [1.29, 1.82) is 0 Å². The quantitative estimate of drug-likeness (QED) is 0.800. The lowest BCUT2D eigenvalue weighted by molar-refractivity contribution is -0.126. The maximum Gasteiger partial charge on any atom is 0.246 e. The topological polar surface area (TPSA) is 70.4 Å². The monoisotopic (exact) mass is 382 g/mol. The van der Waals surface area contributed by atoms with Crippen LogP contribution < -0.4 is 5.32 Å². The number of aromatic nitrogens is 2. The molecule has 2 N–H and O–H groups in total. The molecule has 1 amide bonds. The first-order valence-corrected chi connectivity index (χ1v) is 9.85. The highest BCUT2D eigenvalue weighted by molar-refractivity contribution is 5.87. The average Bonchev–Trinajstić information content (AvgIpc) is 3.50. The van der Waals surface area contributed by atoms with Crippen LogP contribution in [0.4, 0.5) is 4.39 Å². The zero-order valence-corrected chi connectivity index (χ0v) is 15.6. The minimum absolute atomic E-state index is 0.0170. The summed E-state index contributed by atoms with van der Waals surface area (Å²) in [6.45, 7) is 5.44. The molecule has 1 saturated carbocycles. The van der Waals surface area contributed by atoms with Gasteiger partial charge >= 0.3 is 0 Å². The number of rotatable bonds is 3. The van der Waals surface area contributed by atoms with E-state index >= 15 is 0 Å². The van der Waals surface area contributed by atoms with E-state index in [1.807, 2.05) is 0 Å². The van der Waals surface area contributed by atoms with E-state index in [4.69, 9.17) is 5.10 Å². The maximum absolute atomic E-state index is 14.7. The second-order valence-corrected chi connectivity index (χ2v) is 7.82. The van der Waals surface area contributed by atoms with Crippen molar-refractivity contribution in [2.24, 2.45) is 0 Å². The lowest BCUT2D eigenvalue weighted by Crippen LogP contribution is -2.40. The van der Waals surface area contributed by atoms with Gasteiger partial charge in [-0.2, -0.15) is 5.10 Å². The molecule has 1 aliphatic carbocycles. The molecule has 2 aliphatic heterocycles.